The van der Waals surface area contributed by atoms with Crippen LogP contribution in [0, 0.1) is 0 Å². The maximum absolute atomic E-state index is 12.1. The third-order valence-corrected chi connectivity index (χ3v) is 5.03. The van der Waals surface area contributed by atoms with Crippen molar-refractivity contribution < 1.29 is 4.79 Å². The van der Waals surface area contributed by atoms with Gasteiger partial charge in [0.15, 0.2) is 0 Å². The number of amides is 1. The zero-order valence-corrected chi connectivity index (χ0v) is 14.4. The van der Waals surface area contributed by atoms with Gasteiger partial charge in [0.1, 0.15) is 0 Å². The minimum atomic E-state index is -0.00983. The molecule has 0 unspecified atom stereocenters. The van der Waals surface area contributed by atoms with Crippen molar-refractivity contribution in [1.82, 2.24) is 9.80 Å². The number of thiophene rings is 1. The molecule has 1 aromatic heterocycles. The number of para-hydroxylation sites is 1. The number of anilines is 1. The third-order valence-electron chi connectivity index (χ3n) is 3.97. The van der Waals surface area contributed by atoms with Crippen molar-refractivity contribution in [2.24, 2.45) is 0 Å². The number of nitrogens with zero attached hydrogens (tertiary/aromatic N) is 2. The highest BCUT2D eigenvalue weighted by atomic mass is 35.5. The van der Waals surface area contributed by atoms with Crippen molar-refractivity contribution in [3.8, 4) is 0 Å². The minimum absolute atomic E-state index is 0.00983. The molecular weight excluding hydrogens is 330 g/mol. The Balaban J connectivity index is 1.43. The highest BCUT2D eigenvalue weighted by molar-refractivity contribution is 7.07. The minimum Gasteiger partial charge on any atom is -0.324 e. The number of rotatable bonds is 5. The molecule has 1 aliphatic heterocycles. The van der Waals surface area contributed by atoms with Gasteiger partial charge in [-0.25, -0.2) is 0 Å². The molecule has 0 saturated carbocycles. The number of hydrogen-bond donors (Lipinski definition) is 1. The Labute approximate surface area is 145 Å². The maximum atomic E-state index is 12.1. The molecule has 1 aliphatic rings. The first-order valence-corrected chi connectivity index (χ1v) is 9.03. The molecule has 1 amide bonds. The molecule has 2 aromatic rings. The van der Waals surface area contributed by atoms with Gasteiger partial charge in [-0.15, -0.1) is 0 Å². The summed E-state index contributed by atoms with van der Waals surface area (Å²) >= 11 is 7.80. The zero-order chi connectivity index (χ0) is 16.1. The van der Waals surface area contributed by atoms with E-state index in [0.29, 0.717) is 17.3 Å². The van der Waals surface area contributed by atoms with Crippen LogP contribution in [0.1, 0.15) is 5.56 Å². The van der Waals surface area contributed by atoms with Crippen LogP contribution < -0.4 is 5.32 Å². The van der Waals surface area contributed by atoms with E-state index in [4.69, 9.17) is 11.6 Å². The van der Waals surface area contributed by atoms with Crippen LogP contribution in [0.4, 0.5) is 5.69 Å². The fourth-order valence-electron chi connectivity index (χ4n) is 2.70. The zero-order valence-electron chi connectivity index (χ0n) is 12.9. The largest absolute Gasteiger partial charge is 0.324 e. The lowest BCUT2D eigenvalue weighted by Gasteiger charge is -2.34. The molecule has 0 radical (unpaired) electrons. The second kappa shape index (κ2) is 7.93. The number of benzene rings is 1. The van der Waals surface area contributed by atoms with Gasteiger partial charge in [0.25, 0.3) is 0 Å². The summed E-state index contributed by atoms with van der Waals surface area (Å²) in [5.41, 5.74) is 2.05. The average Bonchev–Trinajstić information content (AvgIpc) is 3.04. The second-order valence-corrected chi connectivity index (χ2v) is 6.90. The molecular formula is C17H20ClN3OS. The predicted octanol–water partition coefficient (Wildman–Crippen LogP) is 3.16. The van der Waals surface area contributed by atoms with Gasteiger partial charge in [-0.2, -0.15) is 11.3 Å². The molecule has 122 valence electrons. The fraction of sp³-hybridized carbons (Fsp3) is 0.353. The summed E-state index contributed by atoms with van der Waals surface area (Å²) in [6, 6.07) is 9.49. The molecule has 23 heavy (non-hydrogen) atoms. The van der Waals surface area contributed by atoms with Gasteiger partial charge < -0.3 is 5.32 Å². The summed E-state index contributed by atoms with van der Waals surface area (Å²) in [7, 11) is 0. The van der Waals surface area contributed by atoms with E-state index in [1.54, 1.807) is 17.4 Å². The van der Waals surface area contributed by atoms with Gasteiger partial charge in [0.2, 0.25) is 5.91 Å². The quantitative estimate of drug-likeness (QED) is 0.900. The molecule has 0 aliphatic carbocycles. The van der Waals surface area contributed by atoms with Crippen LogP contribution in [0.15, 0.2) is 41.1 Å². The van der Waals surface area contributed by atoms with E-state index >= 15 is 0 Å². The number of carbonyl (C=O) groups is 1. The number of carbonyl (C=O) groups excluding carboxylic acids is 1. The Kier molecular flexibility index (Phi) is 5.67. The van der Waals surface area contributed by atoms with Crippen LogP contribution in [0.25, 0.3) is 0 Å². The van der Waals surface area contributed by atoms with Crippen molar-refractivity contribution >= 4 is 34.5 Å². The first kappa shape index (κ1) is 16.5. The molecule has 4 nitrogen and oxygen atoms in total. The first-order valence-electron chi connectivity index (χ1n) is 7.71. The van der Waals surface area contributed by atoms with Gasteiger partial charge >= 0.3 is 0 Å². The van der Waals surface area contributed by atoms with Crippen LogP contribution in [0.5, 0.6) is 0 Å². The summed E-state index contributed by atoms with van der Waals surface area (Å²) < 4.78 is 0. The molecule has 1 saturated heterocycles. The van der Waals surface area contributed by atoms with Gasteiger partial charge in [0.05, 0.1) is 17.3 Å². The summed E-state index contributed by atoms with van der Waals surface area (Å²) in [4.78, 5) is 16.8. The SMILES string of the molecule is O=C(CN1CCN(Cc2ccsc2)CC1)Nc1ccccc1Cl. The highest BCUT2D eigenvalue weighted by Crippen LogP contribution is 2.20. The summed E-state index contributed by atoms with van der Waals surface area (Å²) in [6.07, 6.45) is 0. The fourth-order valence-corrected chi connectivity index (χ4v) is 3.54. The maximum Gasteiger partial charge on any atom is 0.238 e. The molecule has 0 bridgehead atoms. The van der Waals surface area contributed by atoms with Crippen molar-refractivity contribution in [3.05, 3.63) is 51.7 Å². The Morgan fingerprint density at radius 3 is 2.57 bits per heavy atom. The van der Waals surface area contributed by atoms with Crippen molar-refractivity contribution in [3.63, 3.8) is 0 Å². The van der Waals surface area contributed by atoms with Crippen LogP contribution in [-0.2, 0) is 11.3 Å². The highest BCUT2D eigenvalue weighted by Gasteiger charge is 2.19. The van der Waals surface area contributed by atoms with Gasteiger partial charge in [-0.1, -0.05) is 23.7 Å². The number of nitrogens with one attached hydrogen (secondary N) is 1. The Morgan fingerprint density at radius 2 is 1.87 bits per heavy atom. The van der Waals surface area contributed by atoms with Gasteiger partial charge in [-0.3, -0.25) is 14.6 Å². The van der Waals surface area contributed by atoms with E-state index in [1.807, 2.05) is 18.2 Å². The monoisotopic (exact) mass is 349 g/mol. The molecule has 1 aromatic carbocycles. The van der Waals surface area contributed by atoms with Crippen molar-refractivity contribution in [2.75, 3.05) is 38.0 Å². The van der Waals surface area contributed by atoms with E-state index < -0.39 is 0 Å². The van der Waals surface area contributed by atoms with E-state index in [2.05, 4.69) is 31.9 Å². The van der Waals surface area contributed by atoms with Crippen molar-refractivity contribution in [2.45, 2.75) is 6.54 Å². The van der Waals surface area contributed by atoms with Gasteiger partial charge in [-0.05, 0) is 34.5 Å². The van der Waals surface area contributed by atoms with Crippen LogP contribution >= 0.6 is 22.9 Å². The van der Waals surface area contributed by atoms with E-state index in [-0.39, 0.29) is 5.91 Å². The summed E-state index contributed by atoms with van der Waals surface area (Å²) in [5.74, 6) is -0.00983. The molecule has 1 fully saturated rings. The lowest BCUT2D eigenvalue weighted by Crippen LogP contribution is -2.48. The molecule has 3 rings (SSSR count). The Hall–Kier alpha value is -1.40. The Morgan fingerprint density at radius 1 is 1.13 bits per heavy atom. The lowest BCUT2D eigenvalue weighted by atomic mass is 10.2. The van der Waals surface area contributed by atoms with Crippen LogP contribution in [-0.4, -0.2) is 48.4 Å². The summed E-state index contributed by atoms with van der Waals surface area (Å²) in [5, 5.41) is 7.76. The van der Waals surface area contributed by atoms with Crippen molar-refractivity contribution in [1.29, 1.82) is 0 Å². The molecule has 2 heterocycles. The number of piperazine rings is 1. The van der Waals surface area contributed by atoms with Crippen LogP contribution in [0.3, 0.4) is 0 Å². The van der Waals surface area contributed by atoms with E-state index in [0.717, 1.165) is 32.7 Å². The Bertz CT molecular complexity index is 639. The predicted molar refractivity (Wildman–Crippen MR) is 96.1 cm³/mol. The van der Waals surface area contributed by atoms with E-state index in [9.17, 15) is 4.79 Å². The topological polar surface area (TPSA) is 35.6 Å². The molecule has 1 N–H and O–H groups in total. The lowest BCUT2D eigenvalue weighted by molar-refractivity contribution is -0.117. The van der Waals surface area contributed by atoms with Crippen LogP contribution in [0.2, 0.25) is 5.02 Å². The van der Waals surface area contributed by atoms with Gasteiger partial charge in [0, 0.05) is 32.7 Å². The average molecular weight is 350 g/mol. The summed E-state index contributed by atoms with van der Waals surface area (Å²) in [6.45, 7) is 5.24. The smallest absolute Gasteiger partial charge is 0.238 e. The van der Waals surface area contributed by atoms with E-state index in [1.165, 1.54) is 5.56 Å². The molecule has 6 heteroatoms. The normalized spacial score (nSPS) is 16.4. The third kappa shape index (κ3) is 4.78. The molecule has 0 spiro atoms. The second-order valence-electron chi connectivity index (χ2n) is 5.71. The number of halogens is 1. The number of hydrogen-bond acceptors (Lipinski definition) is 4. The first-order chi connectivity index (χ1) is 11.2. The molecule has 0 atom stereocenters. The standard InChI is InChI=1S/C17H20ClN3OS/c18-15-3-1-2-4-16(15)19-17(22)12-21-8-6-20(7-9-21)11-14-5-10-23-13-14/h1-5,10,13H,6-9,11-12H2,(H,19,22).